The van der Waals surface area contributed by atoms with Crippen LogP contribution in [0.4, 0.5) is 0 Å². The fourth-order valence-electron chi connectivity index (χ4n) is 2.05. The van der Waals surface area contributed by atoms with E-state index in [1.807, 2.05) is 12.1 Å². The van der Waals surface area contributed by atoms with Gasteiger partial charge in [-0.2, -0.15) is 0 Å². The summed E-state index contributed by atoms with van der Waals surface area (Å²) in [5.41, 5.74) is 7.89. The second kappa shape index (κ2) is 4.97. The Balaban J connectivity index is 2.51. The lowest BCUT2D eigenvalue weighted by molar-refractivity contribution is 0.421. The van der Waals surface area contributed by atoms with Crippen molar-refractivity contribution < 1.29 is 4.74 Å². The van der Waals surface area contributed by atoms with Crippen molar-refractivity contribution in [2.24, 2.45) is 11.7 Å². The van der Waals surface area contributed by atoms with Gasteiger partial charge in [0.25, 0.3) is 0 Å². The van der Waals surface area contributed by atoms with Gasteiger partial charge in [-0.25, -0.2) is 4.98 Å². The number of nitrogens with two attached hydrogens (primary N) is 1. The minimum Gasteiger partial charge on any atom is -0.438 e. The fourth-order valence-corrected chi connectivity index (χ4v) is 2.05. The van der Waals surface area contributed by atoms with Crippen LogP contribution in [0.25, 0.3) is 0 Å². The van der Waals surface area contributed by atoms with Crippen molar-refractivity contribution in [3.63, 3.8) is 0 Å². The molecule has 0 saturated heterocycles. The van der Waals surface area contributed by atoms with Crippen LogP contribution in [0.3, 0.4) is 0 Å². The van der Waals surface area contributed by atoms with E-state index in [9.17, 15) is 0 Å². The molecule has 17 heavy (non-hydrogen) atoms. The molecule has 1 atom stereocenters. The molecule has 1 aliphatic rings. The SMILES string of the molecule is C=CC1=C(C=C)[C@H](CN)Cc2cccnc2O1. The van der Waals surface area contributed by atoms with Crippen molar-refractivity contribution >= 4 is 0 Å². The van der Waals surface area contributed by atoms with Crippen LogP contribution >= 0.6 is 0 Å². The van der Waals surface area contributed by atoms with Gasteiger partial charge in [0.15, 0.2) is 0 Å². The molecule has 1 aromatic heterocycles. The summed E-state index contributed by atoms with van der Waals surface area (Å²) < 4.78 is 5.77. The molecule has 0 aliphatic carbocycles. The molecule has 0 saturated carbocycles. The molecule has 1 aliphatic heterocycles. The molecule has 2 heterocycles. The molecule has 3 nitrogen and oxygen atoms in total. The Hall–Kier alpha value is -1.87. The van der Waals surface area contributed by atoms with Crippen molar-refractivity contribution in [3.8, 4) is 5.88 Å². The highest BCUT2D eigenvalue weighted by Gasteiger charge is 2.22. The molecule has 3 heteroatoms. The van der Waals surface area contributed by atoms with Crippen molar-refractivity contribution in [3.05, 3.63) is 60.5 Å². The summed E-state index contributed by atoms with van der Waals surface area (Å²) in [6.07, 6.45) is 6.01. The van der Waals surface area contributed by atoms with Gasteiger partial charge in [-0.15, -0.1) is 0 Å². The van der Waals surface area contributed by atoms with E-state index in [0.717, 1.165) is 17.6 Å². The predicted molar refractivity (Wildman–Crippen MR) is 68.5 cm³/mol. The standard InChI is InChI=1S/C14H16N2O/c1-3-12-11(9-15)8-10-6-5-7-16-14(10)17-13(12)4-2/h3-7,11H,1-2,8-9,15H2/t11-/m0/s1. The Morgan fingerprint density at radius 2 is 2.29 bits per heavy atom. The van der Waals surface area contributed by atoms with Gasteiger partial charge >= 0.3 is 0 Å². The van der Waals surface area contributed by atoms with E-state index in [-0.39, 0.29) is 5.92 Å². The van der Waals surface area contributed by atoms with Gasteiger partial charge in [0, 0.05) is 17.7 Å². The van der Waals surface area contributed by atoms with Crippen LogP contribution in [0.2, 0.25) is 0 Å². The van der Waals surface area contributed by atoms with E-state index in [4.69, 9.17) is 10.5 Å². The van der Waals surface area contributed by atoms with Crippen LogP contribution in [0, 0.1) is 5.92 Å². The Morgan fingerprint density at radius 1 is 1.47 bits per heavy atom. The second-order valence-corrected chi connectivity index (χ2v) is 3.93. The Kier molecular flexibility index (Phi) is 3.40. The number of rotatable bonds is 3. The summed E-state index contributed by atoms with van der Waals surface area (Å²) in [7, 11) is 0. The van der Waals surface area contributed by atoms with Crippen molar-refractivity contribution in [1.29, 1.82) is 0 Å². The van der Waals surface area contributed by atoms with E-state index in [2.05, 4.69) is 18.1 Å². The van der Waals surface area contributed by atoms with Crippen molar-refractivity contribution in [2.75, 3.05) is 6.54 Å². The molecule has 0 unspecified atom stereocenters. The van der Waals surface area contributed by atoms with Crippen LogP contribution in [0.15, 0.2) is 55.0 Å². The van der Waals surface area contributed by atoms with Gasteiger partial charge in [0.2, 0.25) is 5.88 Å². The van der Waals surface area contributed by atoms with Gasteiger partial charge < -0.3 is 10.5 Å². The molecular weight excluding hydrogens is 212 g/mol. The summed E-state index contributed by atoms with van der Waals surface area (Å²) in [5, 5.41) is 0. The van der Waals surface area contributed by atoms with Gasteiger partial charge in [-0.05, 0) is 30.7 Å². The fraction of sp³-hybridized carbons (Fsp3) is 0.214. The number of ether oxygens (including phenoxy) is 1. The van der Waals surface area contributed by atoms with Gasteiger partial charge in [-0.1, -0.05) is 25.3 Å². The lowest BCUT2D eigenvalue weighted by Crippen LogP contribution is -2.18. The maximum absolute atomic E-state index is 5.82. The van der Waals surface area contributed by atoms with Gasteiger partial charge in [0.1, 0.15) is 5.76 Å². The zero-order valence-corrected chi connectivity index (χ0v) is 9.73. The van der Waals surface area contributed by atoms with Crippen LogP contribution in [-0.4, -0.2) is 11.5 Å². The molecule has 0 bridgehead atoms. The smallest absolute Gasteiger partial charge is 0.222 e. The van der Waals surface area contributed by atoms with Crippen LogP contribution in [0.1, 0.15) is 5.56 Å². The molecule has 2 rings (SSSR count). The largest absolute Gasteiger partial charge is 0.438 e. The summed E-state index contributed by atoms with van der Waals surface area (Å²) in [6.45, 7) is 8.14. The van der Waals surface area contributed by atoms with E-state index < -0.39 is 0 Å². The second-order valence-electron chi connectivity index (χ2n) is 3.93. The van der Waals surface area contributed by atoms with Crippen LogP contribution < -0.4 is 10.5 Å². The molecule has 0 radical (unpaired) electrons. The first-order valence-corrected chi connectivity index (χ1v) is 5.61. The molecule has 0 spiro atoms. The summed E-state index contributed by atoms with van der Waals surface area (Å²) in [4.78, 5) is 4.24. The highest BCUT2D eigenvalue weighted by Crippen LogP contribution is 2.30. The number of fused-ring (bicyclic) bond motifs is 1. The monoisotopic (exact) mass is 228 g/mol. The van der Waals surface area contributed by atoms with Crippen LogP contribution in [0.5, 0.6) is 5.88 Å². The predicted octanol–water partition coefficient (Wildman–Crippen LogP) is 2.22. The number of aromatic nitrogens is 1. The first-order valence-electron chi connectivity index (χ1n) is 5.61. The number of pyridine rings is 1. The molecule has 2 N–H and O–H groups in total. The minimum atomic E-state index is 0.200. The Bertz CT molecular complexity index is 477. The molecule has 0 aromatic carbocycles. The highest BCUT2D eigenvalue weighted by molar-refractivity contribution is 5.39. The van der Waals surface area contributed by atoms with E-state index in [0.29, 0.717) is 18.2 Å². The Morgan fingerprint density at radius 3 is 2.94 bits per heavy atom. The first-order chi connectivity index (χ1) is 8.30. The first kappa shape index (κ1) is 11.6. The third-order valence-corrected chi connectivity index (χ3v) is 2.94. The number of hydrogen-bond acceptors (Lipinski definition) is 3. The maximum Gasteiger partial charge on any atom is 0.222 e. The third-order valence-electron chi connectivity index (χ3n) is 2.94. The van der Waals surface area contributed by atoms with Gasteiger partial charge in [-0.3, -0.25) is 0 Å². The van der Waals surface area contributed by atoms with E-state index in [1.165, 1.54) is 0 Å². The van der Waals surface area contributed by atoms with Crippen molar-refractivity contribution in [1.82, 2.24) is 4.98 Å². The number of hydrogen-bond donors (Lipinski definition) is 1. The number of nitrogens with zero attached hydrogens (tertiary/aromatic N) is 1. The average molecular weight is 228 g/mol. The van der Waals surface area contributed by atoms with Crippen LogP contribution in [-0.2, 0) is 6.42 Å². The highest BCUT2D eigenvalue weighted by atomic mass is 16.5. The molecule has 0 amide bonds. The maximum atomic E-state index is 5.82. The normalized spacial score (nSPS) is 19.0. The zero-order chi connectivity index (χ0) is 12.3. The third kappa shape index (κ3) is 2.15. The van der Waals surface area contributed by atoms with E-state index >= 15 is 0 Å². The molecule has 1 aromatic rings. The zero-order valence-electron chi connectivity index (χ0n) is 9.73. The van der Waals surface area contributed by atoms with E-state index in [1.54, 1.807) is 18.3 Å². The lowest BCUT2D eigenvalue weighted by atomic mass is 9.92. The van der Waals surface area contributed by atoms with Gasteiger partial charge in [0.05, 0.1) is 0 Å². The molecular formula is C14H16N2O. The average Bonchev–Trinajstić information content (AvgIpc) is 2.53. The summed E-state index contributed by atoms with van der Waals surface area (Å²) >= 11 is 0. The van der Waals surface area contributed by atoms with Crippen molar-refractivity contribution in [2.45, 2.75) is 6.42 Å². The Labute approximate surface area is 101 Å². The summed E-state index contributed by atoms with van der Waals surface area (Å²) in [5.74, 6) is 1.54. The lowest BCUT2D eigenvalue weighted by Gasteiger charge is -2.14. The topological polar surface area (TPSA) is 48.1 Å². The molecule has 88 valence electrons. The number of allylic oxidation sites excluding steroid dienone is 2. The minimum absolute atomic E-state index is 0.200. The molecule has 0 fully saturated rings. The quantitative estimate of drug-likeness (QED) is 0.863. The summed E-state index contributed by atoms with van der Waals surface area (Å²) in [6, 6.07) is 3.92.